The van der Waals surface area contributed by atoms with E-state index in [1.54, 1.807) is 16.8 Å². The van der Waals surface area contributed by atoms with Crippen LogP contribution in [0.15, 0.2) is 57.9 Å². The van der Waals surface area contributed by atoms with Gasteiger partial charge in [0.05, 0.1) is 11.9 Å². The van der Waals surface area contributed by atoms with Crippen LogP contribution in [-0.4, -0.2) is 17.4 Å². The second kappa shape index (κ2) is 7.72. The van der Waals surface area contributed by atoms with Crippen LogP contribution in [0.5, 0.6) is 0 Å². The van der Waals surface area contributed by atoms with Crippen molar-refractivity contribution in [2.45, 2.75) is 6.92 Å². The summed E-state index contributed by atoms with van der Waals surface area (Å²) < 4.78 is 28.5. The molecule has 25 heavy (non-hydrogen) atoms. The third-order valence-electron chi connectivity index (χ3n) is 3.39. The minimum absolute atomic E-state index is 0.199. The van der Waals surface area contributed by atoms with Crippen LogP contribution in [0.25, 0.3) is 11.3 Å². The van der Waals surface area contributed by atoms with E-state index >= 15 is 0 Å². The molecule has 0 amide bonds. The normalized spacial score (nSPS) is 12.2. The molecule has 0 saturated carbocycles. The average molecular weight is 378 g/mol. The molecule has 3 aromatic rings. The molecule has 3 nitrogen and oxygen atoms in total. The predicted octanol–water partition coefficient (Wildman–Crippen LogP) is 4.95. The van der Waals surface area contributed by atoms with E-state index in [0.29, 0.717) is 16.4 Å². The topological polar surface area (TPSA) is 29.6 Å². The first-order valence-electron chi connectivity index (χ1n) is 7.55. The van der Waals surface area contributed by atoms with Gasteiger partial charge in [-0.2, -0.15) is 5.10 Å². The highest BCUT2D eigenvalue weighted by Crippen LogP contribution is 2.22. The quantitative estimate of drug-likeness (QED) is 0.576. The van der Waals surface area contributed by atoms with E-state index in [1.165, 1.54) is 29.7 Å². The van der Waals surface area contributed by atoms with E-state index in [4.69, 9.17) is 11.6 Å². The Hall–Kier alpha value is -2.31. The maximum Gasteiger partial charge on any atom is 0.206 e. The van der Waals surface area contributed by atoms with Crippen LogP contribution in [0, 0.1) is 11.6 Å². The Morgan fingerprint density at radius 2 is 1.92 bits per heavy atom. The van der Waals surface area contributed by atoms with Crippen LogP contribution in [0.2, 0.25) is 5.02 Å². The van der Waals surface area contributed by atoms with Gasteiger partial charge in [0.15, 0.2) is 0 Å². The summed E-state index contributed by atoms with van der Waals surface area (Å²) in [5.74, 6) is -1.29. The number of nitrogens with zero attached hydrogens (tertiary/aromatic N) is 3. The summed E-state index contributed by atoms with van der Waals surface area (Å²) in [6.45, 7) is 2.52. The Balaban J connectivity index is 2.07. The molecule has 3 rings (SSSR count). The second-order valence-corrected chi connectivity index (χ2v) is 6.38. The van der Waals surface area contributed by atoms with Crippen molar-refractivity contribution in [3.63, 3.8) is 0 Å². The number of hydrogen-bond acceptors (Lipinski definition) is 3. The molecule has 0 atom stereocenters. The molecule has 0 aliphatic heterocycles. The van der Waals surface area contributed by atoms with Crippen molar-refractivity contribution >= 4 is 29.2 Å². The molecule has 1 aromatic heterocycles. The van der Waals surface area contributed by atoms with Crippen LogP contribution >= 0.6 is 22.9 Å². The van der Waals surface area contributed by atoms with Gasteiger partial charge in [-0.15, -0.1) is 11.3 Å². The van der Waals surface area contributed by atoms with Crippen molar-refractivity contribution in [1.29, 1.82) is 0 Å². The first-order valence-corrected chi connectivity index (χ1v) is 8.80. The number of thiazole rings is 1. The van der Waals surface area contributed by atoms with Gasteiger partial charge in [-0.05, 0) is 31.2 Å². The molecule has 0 aliphatic rings. The molecule has 7 heteroatoms. The van der Waals surface area contributed by atoms with Gasteiger partial charge in [0.1, 0.15) is 11.6 Å². The molecule has 0 radical (unpaired) electrons. The first kappa shape index (κ1) is 17.5. The molecule has 128 valence electrons. The molecule has 0 spiro atoms. The standard InChI is InChI=1S/C18H14ClF2N3S/c1-2-22-18-24(23-10-13-5-8-15(20)9-16(13)21)17(11-25-18)12-3-6-14(19)7-4-12/h3-11H,2H2,1H3. The van der Waals surface area contributed by atoms with Gasteiger partial charge in [-0.1, -0.05) is 23.7 Å². The van der Waals surface area contributed by atoms with Crippen LogP contribution in [0.3, 0.4) is 0 Å². The van der Waals surface area contributed by atoms with Gasteiger partial charge in [-0.25, -0.2) is 13.5 Å². The summed E-state index contributed by atoms with van der Waals surface area (Å²) in [6, 6.07) is 10.7. The zero-order valence-electron chi connectivity index (χ0n) is 13.3. The molecular formula is C18H14ClF2N3S. The molecule has 0 aliphatic carbocycles. The molecule has 0 fully saturated rings. The zero-order valence-corrected chi connectivity index (χ0v) is 14.9. The highest BCUT2D eigenvalue weighted by atomic mass is 35.5. The molecule has 1 heterocycles. The lowest BCUT2D eigenvalue weighted by Crippen LogP contribution is -2.12. The lowest BCUT2D eigenvalue weighted by Gasteiger charge is -2.04. The summed E-state index contributed by atoms with van der Waals surface area (Å²) in [5.41, 5.74) is 1.92. The van der Waals surface area contributed by atoms with E-state index < -0.39 is 11.6 Å². The highest BCUT2D eigenvalue weighted by molar-refractivity contribution is 7.07. The van der Waals surface area contributed by atoms with E-state index in [1.807, 2.05) is 24.4 Å². The third kappa shape index (κ3) is 4.03. The SMILES string of the molecule is CCN=c1scc(-c2ccc(Cl)cc2)n1N=Cc1ccc(F)cc1F. The minimum Gasteiger partial charge on any atom is -0.258 e. The average Bonchev–Trinajstić information content (AvgIpc) is 2.98. The molecule has 0 N–H and O–H groups in total. The van der Waals surface area contributed by atoms with Crippen molar-refractivity contribution in [2.75, 3.05) is 6.54 Å². The van der Waals surface area contributed by atoms with E-state index in [9.17, 15) is 8.78 Å². The van der Waals surface area contributed by atoms with Gasteiger partial charge in [-0.3, -0.25) is 4.99 Å². The fourth-order valence-corrected chi connectivity index (χ4v) is 3.23. The van der Waals surface area contributed by atoms with Crippen molar-refractivity contribution in [2.24, 2.45) is 10.1 Å². The van der Waals surface area contributed by atoms with E-state index in [-0.39, 0.29) is 5.56 Å². The Kier molecular flexibility index (Phi) is 5.40. The second-order valence-electron chi connectivity index (χ2n) is 5.11. The monoisotopic (exact) mass is 377 g/mol. The number of halogens is 3. The minimum atomic E-state index is -0.665. The number of benzene rings is 2. The predicted molar refractivity (Wildman–Crippen MR) is 98.2 cm³/mol. The smallest absolute Gasteiger partial charge is 0.206 e. The van der Waals surface area contributed by atoms with Crippen LogP contribution in [0.1, 0.15) is 12.5 Å². The summed E-state index contributed by atoms with van der Waals surface area (Å²) in [5, 5.41) is 6.92. The Morgan fingerprint density at radius 1 is 1.16 bits per heavy atom. The van der Waals surface area contributed by atoms with Crippen molar-refractivity contribution in [3.05, 3.63) is 74.9 Å². The number of rotatable bonds is 4. The summed E-state index contributed by atoms with van der Waals surface area (Å²) in [6.07, 6.45) is 1.36. The molecular weight excluding hydrogens is 364 g/mol. The molecule has 0 saturated heterocycles. The Bertz CT molecular complexity index is 975. The Labute approximate surface area is 152 Å². The Morgan fingerprint density at radius 3 is 2.60 bits per heavy atom. The van der Waals surface area contributed by atoms with Gasteiger partial charge >= 0.3 is 0 Å². The largest absolute Gasteiger partial charge is 0.258 e. The van der Waals surface area contributed by atoms with Crippen LogP contribution in [0.4, 0.5) is 8.78 Å². The van der Waals surface area contributed by atoms with Crippen LogP contribution in [-0.2, 0) is 0 Å². The summed E-state index contributed by atoms with van der Waals surface area (Å²) in [7, 11) is 0. The van der Waals surface area contributed by atoms with Gasteiger partial charge in [0.2, 0.25) is 4.80 Å². The lowest BCUT2D eigenvalue weighted by molar-refractivity contribution is 0.582. The van der Waals surface area contributed by atoms with E-state index in [0.717, 1.165) is 17.3 Å². The fraction of sp³-hybridized carbons (Fsp3) is 0.111. The van der Waals surface area contributed by atoms with Gasteiger partial charge in [0.25, 0.3) is 0 Å². The van der Waals surface area contributed by atoms with Crippen LogP contribution < -0.4 is 4.80 Å². The summed E-state index contributed by atoms with van der Waals surface area (Å²) in [4.78, 5) is 5.09. The van der Waals surface area contributed by atoms with Crippen molar-refractivity contribution in [3.8, 4) is 11.3 Å². The zero-order chi connectivity index (χ0) is 17.8. The van der Waals surface area contributed by atoms with Gasteiger partial charge in [0, 0.05) is 34.1 Å². The molecule has 2 aromatic carbocycles. The third-order valence-corrected chi connectivity index (χ3v) is 4.50. The number of hydrogen-bond donors (Lipinski definition) is 0. The maximum atomic E-state index is 13.8. The molecule has 0 unspecified atom stereocenters. The highest BCUT2D eigenvalue weighted by Gasteiger charge is 2.08. The maximum absolute atomic E-state index is 13.8. The summed E-state index contributed by atoms with van der Waals surface area (Å²) >= 11 is 7.38. The fourth-order valence-electron chi connectivity index (χ4n) is 2.20. The molecule has 0 bridgehead atoms. The van der Waals surface area contributed by atoms with Gasteiger partial charge < -0.3 is 0 Å². The van der Waals surface area contributed by atoms with Crippen molar-refractivity contribution < 1.29 is 8.78 Å². The van der Waals surface area contributed by atoms with Crippen molar-refractivity contribution in [1.82, 2.24) is 4.68 Å². The lowest BCUT2D eigenvalue weighted by atomic mass is 10.2. The first-order chi connectivity index (χ1) is 12.1. The number of aromatic nitrogens is 1. The van der Waals surface area contributed by atoms with E-state index in [2.05, 4.69) is 10.1 Å².